The predicted octanol–water partition coefficient (Wildman–Crippen LogP) is 4.43. The highest BCUT2D eigenvalue weighted by atomic mass is 35.5. The summed E-state index contributed by atoms with van der Waals surface area (Å²) in [7, 11) is 0. The van der Waals surface area contributed by atoms with Crippen LogP contribution in [0, 0.1) is 6.92 Å². The minimum absolute atomic E-state index is 0.109. The maximum atomic E-state index is 12.7. The summed E-state index contributed by atoms with van der Waals surface area (Å²) in [5.74, 6) is 0.121. The fourth-order valence-electron chi connectivity index (χ4n) is 2.57. The number of halogens is 1. The largest absolute Gasteiger partial charge is 0.326 e. The summed E-state index contributed by atoms with van der Waals surface area (Å²) in [6.07, 6.45) is 0.370. The predicted molar refractivity (Wildman–Crippen MR) is 107 cm³/mol. The SMILES string of the molecule is CCC(=O)Nc1cccc(C(=O)Nc2cc(C)nn2-c2cccc(Cl)c2)c1. The first-order valence-electron chi connectivity index (χ1n) is 8.50. The van der Waals surface area contributed by atoms with Gasteiger partial charge in [-0.1, -0.05) is 30.7 Å². The number of hydrogen-bond acceptors (Lipinski definition) is 3. The van der Waals surface area contributed by atoms with E-state index in [2.05, 4.69) is 15.7 Å². The van der Waals surface area contributed by atoms with E-state index in [0.717, 1.165) is 11.4 Å². The van der Waals surface area contributed by atoms with Gasteiger partial charge in [0, 0.05) is 28.8 Å². The molecular formula is C20H19ClN4O2. The average Bonchev–Trinajstić information content (AvgIpc) is 3.02. The van der Waals surface area contributed by atoms with Crippen LogP contribution in [-0.2, 0) is 4.79 Å². The maximum Gasteiger partial charge on any atom is 0.256 e. The monoisotopic (exact) mass is 382 g/mol. The zero-order valence-corrected chi connectivity index (χ0v) is 15.7. The molecule has 0 saturated carbocycles. The molecule has 0 fully saturated rings. The average molecular weight is 383 g/mol. The van der Waals surface area contributed by atoms with Crippen molar-refractivity contribution in [3.63, 3.8) is 0 Å². The van der Waals surface area contributed by atoms with Gasteiger partial charge in [0.25, 0.3) is 5.91 Å². The second kappa shape index (κ2) is 8.05. The van der Waals surface area contributed by atoms with Crippen molar-refractivity contribution in [1.29, 1.82) is 0 Å². The smallest absolute Gasteiger partial charge is 0.256 e. The molecule has 27 heavy (non-hydrogen) atoms. The quantitative estimate of drug-likeness (QED) is 0.685. The Bertz CT molecular complexity index is 997. The van der Waals surface area contributed by atoms with E-state index in [9.17, 15) is 9.59 Å². The van der Waals surface area contributed by atoms with Gasteiger partial charge in [0.2, 0.25) is 5.91 Å². The molecule has 0 unspecified atom stereocenters. The summed E-state index contributed by atoms with van der Waals surface area (Å²) in [5, 5.41) is 10.6. The summed E-state index contributed by atoms with van der Waals surface area (Å²) < 4.78 is 1.63. The molecule has 0 saturated heterocycles. The van der Waals surface area contributed by atoms with Gasteiger partial charge in [-0.15, -0.1) is 0 Å². The number of carbonyl (C=O) groups is 2. The van der Waals surface area contributed by atoms with Gasteiger partial charge < -0.3 is 10.6 Å². The van der Waals surface area contributed by atoms with Gasteiger partial charge in [0.1, 0.15) is 5.82 Å². The molecule has 1 heterocycles. The number of nitrogens with zero attached hydrogens (tertiary/aromatic N) is 2. The Balaban J connectivity index is 1.85. The molecule has 2 amide bonds. The third-order valence-corrected chi connectivity index (χ3v) is 4.09. The molecule has 0 aliphatic rings. The Labute approximate surface area is 162 Å². The lowest BCUT2D eigenvalue weighted by Gasteiger charge is -2.10. The molecule has 138 valence electrons. The van der Waals surface area contributed by atoms with E-state index in [0.29, 0.717) is 28.5 Å². The van der Waals surface area contributed by atoms with Crippen LogP contribution >= 0.6 is 11.6 Å². The molecule has 2 N–H and O–H groups in total. The van der Waals surface area contributed by atoms with E-state index >= 15 is 0 Å². The molecule has 2 aromatic carbocycles. The number of nitrogens with one attached hydrogen (secondary N) is 2. The van der Waals surface area contributed by atoms with Crippen LogP contribution in [0.4, 0.5) is 11.5 Å². The molecule has 3 aromatic rings. The Kier molecular flexibility index (Phi) is 5.57. The number of hydrogen-bond donors (Lipinski definition) is 2. The zero-order valence-electron chi connectivity index (χ0n) is 15.0. The molecule has 0 bridgehead atoms. The Morgan fingerprint density at radius 3 is 2.59 bits per heavy atom. The fourth-order valence-corrected chi connectivity index (χ4v) is 2.75. The number of benzene rings is 2. The molecule has 7 heteroatoms. The normalized spacial score (nSPS) is 10.5. The topological polar surface area (TPSA) is 76.0 Å². The van der Waals surface area contributed by atoms with Crippen LogP contribution in [-0.4, -0.2) is 21.6 Å². The van der Waals surface area contributed by atoms with Crippen LogP contribution in [0.25, 0.3) is 5.69 Å². The first kappa shape index (κ1) is 18.7. The second-order valence-corrected chi connectivity index (χ2v) is 6.44. The maximum absolute atomic E-state index is 12.7. The van der Waals surface area contributed by atoms with Gasteiger partial charge in [-0.3, -0.25) is 9.59 Å². The van der Waals surface area contributed by atoms with E-state index in [4.69, 9.17) is 11.6 Å². The van der Waals surface area contributed by atoms with Crippen molar-refractivity contribution in [2.45, 2.75) is 20.3 Å². The van der Waals surface area contributed by atoms with Crippen LogP contribution < -0.4 is 10.6 Å². The highest BCUT2D eigenvalue weighted by Gasteiger charge is 2.13. The molecular weight excluding hydrogens is 364 g/mol. The van der Waals surface area contributed by atoms with Gasteiger partial charge in [-0.05, 0) is 43.3 Å². The van der Waals surface area contributed by atoms with Crippen molar-refractivity contribution < 1.29 is 9.59 Å². The third-order valence-electron chi connectivity index (χ3n) is 3.86. The Morgan fingerprint density at radius 1 is 1.07 bits per heavy atom. The lowest BCUT2D eigenvalue weighted by atomic mass is 10.2. The Hall–Kier alpha value is -3.12. The summed E-state index contributed by atoms with van der Waals surface area (Å²) in [4.78, 5) is 24.2. The highest BCUT2D eigenvalue weighted by Crippen LogP contribution is 2.21. The lowest BCUT2D eigenvalue weighted by molar-refractivity contribution is -0.115. The third kappa shape index (κ3) is 4.54. The van der Waals surface area contributed by atoms with Gasteiger partial charge in [0.15, 0.2) is 0 Å². The van der Waals surface area contributed by atoms with E-state index in [1.54, 1.807) is 54.1 Å². The molecule has 0 aliphatic carbocycles. The summed E-state index contributed by atoms with van der Waals surface area (Å²) >= 11 is 6.06. The minimum Gasteiger partial charge on any atom is -0.326 e. The van der Waals surface area contributed by atoms with Crippen LogP contribution in [0.3, 0.4) is 0 Å². The first-order chi connectivity index (χ1) is 13.0. The highest BCUT2D eigenvalue weighted by molar-refractivity contribution is 6.30. The first-order valence-corrected chi connectivity index (χ1v) is 8.88. The molecule has 0 spiro atoms. The van der Waals surface area contributed by atoms with Crippen molar-refractivity contribution in [3.8, 4) is 5.69 Å². The minimum atomic E-state index is -0.300. The van der Waals surface area contributed by atoms with Crippen LogP contribution in [0.15, 0.2) is 54.6 Å². The van der Waals surface area contributed by atoms with Gasteiger partial charge in [-0.2, -0.15) is 5.10 Å². The molecule has 0 aliphatic heterocycles. The standard InChI is InChI=1S/C20H19ClN4O2/c1-3-19(26)22-16-8-4-6-14(11-16)20(27)23-18-10-13(2)24-25(18)17-9-5-7-15(21)12-17/h4-12H,3H2,1-2H3,(H,22,26)(H,23,27). The Morgan fingerprint density at radius 2 is 1.85 bits per heavy atom. The second-order valence-electron chi connectivity index (χ2n) is 6.00. The lowest BCUT2D eigenvalue weighted by Crippen LogP contribution is -2.16. The van der Waals surface area contributed by atoms with Crippen molar-refractivity contribution >= 4 is 34.9 Å². The van der Waals surface area contributed by atoms with Crippen LogP contribution in [0.1, 0.15) is 29.4 Å². The van der Waals surface area contributed by atoms with E-state index in [1.807, 2.05) is 19.1 Å². The molecule has 0 atom stereocenters. The molecule has 6 nitrogen and oxygen atoms in total. The molecule has 0 radical (unpaired) electrons. The van der Waals surface area contributed by atoms with Crippen molar-refractivity contribution in [1.82, 2.24) is 9.78 Å². The number of aryl methyl sites for hydroxylation is 1. The molecule has 1 aromatic heterocycles. The number of anilines is 2. The van der Waals surface area contributed by atoms with Gasteiger partial charge in [0.05, 0.1) is 11.4 Å². The summed E-state index contributed by atoms with van der Waals surface area (Å²) in [5.41, 5.74) is 2.51. The fraction of sp³-hybridized carbons (Fsp3) is 0.150. The number of carbonyl (C=O) groups excluding carboxylic acids is 2. The van der Waals surface area contributed by atoms with Crippen LogP contribution in [0.2, 0.25) is 5.02 Å². The van der Waals surface area contributed by atoms with Crippen molar-refractivity contribution in [3.05, 3.63) is 70.9 Å². The van der Waals surface area contributed by atoms with E-state index < -0.39 is 0 Å². The van der Waals surface area contributed by atoms with Gasteiger partial charge in [-0.25, -0.2) is 4.68 Å². The number of aromatic nitrogens is 2. The summed E-state index contributed by atoms with van der Waals surface area (Å²) in [6, 6.07) is 15.8. The van der Waals surface area contributed by atoms with Crippen LogP contribution in [0.5, 0.6) is 0 Å². The number of amides is 2. The van der Waals surface area contributed by atoms with Gasteiger partial charge >= 0.3 is 0 Å². The van der Waals surface area contributed by atoms with E-state index in [-0.39, 0.29) is 11.8 Å². The molecule has 3 rings (SSSR count). The number of rotatable bonds is 5. The van der Waals surface area contributed by atoms with Crippen molar-refractivity contribution in [2.75, 3.05) is 10.6 Å². The van der Waals surface area contributed by atoms with Crippen molar-refractivity contribution in [2.24, 2.45) is 0 Å². The summed E-state index contributed by atoms with van der Waals surface area (Å²) in [6.45, 7) is 3.61. The zero-order chi connectivity index (χ0) is 19.4. The van der Waals surface area contributed by atoms with E-state index in [1.165, 1.54) is 0 Å².